The highest BCUT2D eigenvalue weighted by Crippen LogP contribution is 2.33. The number of nitrogens with zero attached hydrogens (tertiary/aromatic N) is 1. The van der Waals surface area contributed by atoms with Crippen LogP contribution >= 0.6 is 0 Å². The van der Waals surface area contributed by atoms with Crippen molar-refractivity contribution in [2.45, 2.75) is 31.6 Å². The molecule has 0 aromatic heterocycles. The Morgan fingerprint density at radius 2 is 1.72 bits per heavy atom. The van der Waals surface area contributed by atoms with Crippen LogP contribution in [0.1, 0.15) is 33.5 Å². The van der Waals surface area contributed by atoms with Crippen LogP contribution in [0.3, 0.4) is 0 Å². The average Bonchev–Trinajstić information content (AvgIpc) is 2.79. The number of amides is 1. The summed E-state index contributed by atoms with van der Waals surface area (Å²) in [5.74, 6) is 0.248. The maximum atomic E-state index is 13.1. The second-order valence-electron chi connectivity index (χ2n) is 7.96. The van der Waals surface area contributed by atoms with E-state index in [9.17, 15) is 13.2 Å². The van der Waals surface area contributed by atoms with Gasteiger partial charge in [0, 0.05) is 23.5 Å². The number of carbonyl (C=O) groups excluding carboxylic acids is 1. The van der Waals surface area contributed by atoms with Crippen molar-refractivity contribution >= 4 is 27.3 Å². The second kappa shape index (κ2) is 8.67. The van der Waals surface area contributed by atoms with Gasteiger partial charge in [-0.3, -0.25) is 9.52 Å². The molecule has 0 saturated heterocycles. The van der Waals surface area contributed by atoms with Crippen LogP contribution in [0.15, 0.2) is 65.6 Å². The molecule has 0 radical (unpaired) electrons. The largest absolute Gasteiger partial charge is 0.495 e. The lowest BCUT2D eigenvalue weighted by atomic mass is 10.00. The van der Waals surface area contributed by atoms with E-state index in [1.54, 1.807) is 35.2 Å². The molecule has 0 bridgehead atoms. The van der Waals surface area contributed by atoms with Gasteiger partial charge in [0.2, 0.25) is 0 Å². The van der Waals surface area contributed by atoms with E-state index in [-0.39, 0.29) is 10.8 Å². The quantitative estimate of drug-likeness (QED) is 0.611. The van der Waals surface area contributed by atoms with Crippen LogP contribution in [-0.2, 0) is 16.4 Å². The zero-order chi connectivity index (χ0) is 22.9. The summed E-state index contributed by atoms with van der Waals surface area (Å²) in [5, 5.41) is 0. The number of hydrogen-bond acceptors (Lipinski definition) is 4. The van der Waals surface area contributed by atoms with Gasteiger partial charge in [-0.25, -0.2) is 8.42 Å². The summed E-state index contributed by atoms with van der Waals surface area (Å²) in [6.07, 6.45) is 1.59. The van der Waals surface area contributed by atoms with Gasteiger partial charge in [-0.1, -0.05) is 18.2 Å². The van der Waals surface area contributed by atoms with Crippen molar-refractivity contribution in [2.24, 2.45) is 0 Å². The van der Waals surface area contributed by atoms with Gasteiger partial charge < -0.3 is 9.64 Å². The number of hydrogen-bond donors (Lipinski definition) is 1. The van der Waals surface area contributed by atoms with Crippen molar-refractivity contribution in [1.29, 1.82) is 0 Å². The number of fused-ring (bicyclic) bond motifs is 1. The van der Waals surface area contributed by atoms with E-state index in [1.807, 2.05) is 44.2 Å². The first-order valence-corrected chi connectivity index (χ1v) is 12.0. The summed E-state index contributed by atoms with van der Waals surface area (Å²) in [6, 6.07) is 17.8. The molecule has 6 nitrogen and oxygen atoms in total. The Balaban J connectivity index is 1.64. The molecule has 0 atom stereocenters. The van der Waals surface area contributed by atoms with Crippen molar-refractivity contribution in [3.8, 4) is 5.75 Å². The number of carbonyl (C=O) groups is 1. The van der Waals surface area contributed by atoms with Crippen LogP contribution < -0.4 is 14.4 Å². The summed E-state index contributed by atoms with van der Waals surface area (Å²) in [7, 11) is -2.39. The molecular formula is C25H26N2O4S. The highest BCUT2D eigenvalue weighted by atomic mass is 32.2. The minimum atomic E-state index is -3.85. The fourth-order valence-electron chi connectivity index (χ4n) is 3.95. The van der Waals surface area contributed by atoms with Crippen molar-refractivity contribution in [2.75, 3.05) is 23.3 Å². The third-order valence-electron chi connectivity index (χ3n) is 5.79. The number of aryl methyl sites for hydroxylation is 3. The molecular weight excluding hydrogens is 424 g/mol. The number of sulfonamides is 1. The van der Waals surface area contributed by atoms with Crippen molar-refractivity contribution in [1.82, 2.24) is 0 Å². The van der Waals surface area contributed by atoms with Crippen LogP contribution in [0.5, 0.6) is 5.75 Å². The molecule has 1 aliphatic heterocycles. The number of rotatable bonds is 5. The van der Waals surface area contributed by atoms with E-state index in [1.165, 1.54) is 7.11 Å². The fraction of sp³-hybridized carbons (Fsp3) is 0.240. The molecule has 3 aromatic carbocycles. The highest BCUT2D eigenvalue weighted by molar-refractivity contribution is 7.92. The molecule has 4 rings (SSSR count). The summed E-state index contributed by atoms with van der Waals surface area (Å²) in [6.45, 7) is 4.41. The average molecular weight is 451 g/mol. The normalized spacial score (nSPS) is 13.4. The van der Waals surface area contributed by atoms with Crippen LogP contribution in [0.4, 0.5) is 11.4 Å². The van der Waals surface area contributed by atoms with Gasteiger partial charge >= 0.3 is 0 Å². The van der Waals surface area contributed by atoms with Gasteiger partial charge in [0.1, 0.15) is 10.6 Å². The lowest BCUT2D eigenvalue weighted by Gasteiger charge is -2.30. The molecule has 1 heterocycles. The summed E-state index contributed by atoms with van der Waals surface area (Å²) in [5.41, 5.74) is 4.67. The van der Waals surface area contributed by atoms with Gasteiger partial charge in [0.05, 0.1) is 7.11 Å². The van der Waals surface area contributed by atoms with E-state index in [0.29, 0.717) is 23.5 Å². The standard InChI is InChI=1S/C25H26N2O4S/c1-17-14-23(31-3)24(15-18(17)2)32(29,30)26-21-11-12-22-20(16-21)10-7-13-27(22)25(28)19-8-5-4-6-9-19/h4-6,8-9,11-12,14-16,26H,7,10,13H2,1-3H3. The first-order valence-electron chi connectivity index (χ1n) is 10.5. The van der Waals surface area contributed by atoms with E-state index in [0.717, 1.165) is 35.2 Å². The van der Waals surface area contributed by atoms with Gasteiger partial charge in [-0.05, 0) is 85.8 Å². The lowest BCUT2D eigenvalue weighted by Crippen LogP contribution is -2.35. The number of anilines is 2. The topological polar surface area (TPSA) is 75.7 Å². The lowest BCUT2D eigenvalue weighted by molar-refractivity contribution is 0.0985. The number of nitrogens with one attached hydrogen (secondary N) is 1. The maximum absolute atomic E-state index is 13.1. The second-order valence-corrected chi connectivity index (χ2v) is 9.61. The van der Waals surface area contributed by atoms with Gasteiger partial charge in [-0.2, -0.15) is 0 Å². The van der Waals surface area contributed by atoms with Gasteiger partial charge in [-0.15, -0.1) is 0 Å². The Hall–Kier alpha value is -3.32. The minimum absolute atomic E-state index is 0.0558. The first kappa shape index (κ1) is 21.9. The Bertz CT molecular complexity index is 1270. The molecule has 32 heavy (non-hydrogen) atoms. The van der Waals surface area contributed by atoms with E-state index >= 15 is 0 Å². The summed E-state index contributed by atoms with van der Waals surface area (Å²) in [4.78, 5) is 14.9. The number of benzene rings is 3. The molecule has 1 N–H and O–H groups in total. The third-order valence-corrected chi connectivity index (χ3v) is 7.19. The minimum Gasteiger partial charge on any atom is -0.495 e. The molecule has 0 spiro atoms. The molecule has 1 amide bonds. The molecule has 7 heteroatoms. The molecule has 0 aliphatic carbocycles. The van der Waals surface area contributed by atoms with Gasteiger partial charge in [0.25, 0.3) is 15.9 Å². The predicted molar refractivity (Wildman–Crippen MR) is 126 cm³/mol. The zero-order valence-electron chi connectivity index (χ0n) is 18.4. The summed E-state index contributed by atoms with van der Waals surface area (Å²) < 4.78 is 34.2. The number of ether oxygens (including phenoxy) is 1. The highest BCUT2D eigenvalue weighted by Gasteiger charge is 2.25. The zero-order valence-corrected chi connectivity index (χ0v) is 19.2. The van der Waals surface area contributed by atoms with E-state index < -0.39 is 10.0 Å². The van der Waals surface area contributed by atoms with Crippen molar-refractivity contribution in [3.05, 3.63) is 82.9 Å². The molecule has 166 valence electrons. The van der Waals surface area contributed by atoms with Crippen LogP contribution in [-0.4, -0.2) is 28.0 Å². The smallest absolute Gasteiger partial charge is 0.265 e. The SMILES string of the molecule is COc1cc(C)c(C)cc1S(=O)(=O)Nc1ccc2c(c1)CCCN2C(=O)c1ccccc1. The Morgan fingerprint density at radius 3 is 2.44 bits per heavy atom. The predicted octanol–water partition coefficient (Wildman–Crippen LogP) is 4.71. The number of methoxy groups -OCH3 is 1. The van der Waals surface area contributed by atoms with Crippen LogP contribution in [0, 0.1) is 13.8 Å². The molecule has 1 aliphatic rings. The van der Waals surface area contributed by atoms with Crippen LogP contribution in [0.2, 0.25) is 0 Å². The maximum Gasteiger partial charge on any atom is 0.265 e. The van der Waals surface area contributed by atoms with E-state index in [4.69, 9.17) is 4.74 Å². The van der Waals surface area contributed by atoms with E-state index in [2.05, 4.69) is 4.72 Å². The fourth-order valence-corrected chi connectivity index (χ4v) is 5.24. The Morgan fingerprint density at radius 1 is 1.00 bits per heavy atom. The monoisotopic (exact) mass is 450 g/mol. The van der Waals surface area contributed by atoms with Crippen LogP contribution in [0.25, 0.3) is 0 Å². The Labute approximate surface area is 188 Å². The van der Waals surface area contributed by atoms with Crippen molar-refractivity contribution < 1.29 is 17.9 Å². The molecule has 0 saturated carbocycles. The Kier molecular flexibility index (Phi) is 5.93. The molecule has 3 aromatic rings. The molecule has 0 unspecified atom stereocenters. The van der Waals surface area contributed by atoms with Crippen molar-refractivity contribution in [3.63, 3.8) is 0 Å². The first-order chi connectivity index (χ1) is 15.3. The third kappa shape index (κ3) is 4.21. The summed E-state index contributed by atoms with van der Waals surface area (Å²) >= 11 is 0. The molecule has 0 fully saturated rings. The van der Waals surface area contributed by atoms with Gasteiger partial charge in [0.15, 0.2) is 0 Å².